The summed E-state index contributed by atoms with van der Waals surface area (Å²) in [6.07, 6.45) is -0.146. The standard InChI is InChI=1S/C10H18INO2/c1-6(11)12-8(13)5-7(9(12)14)10(2,3)4/h6-7,9,14H,5H2,1-4H3. The number of amides is 1. The number of rotatable bonds is 1. The van der Waals surface area contributed by atoms with Gasteiger partial charge in [-0.2, -0.15) is 0 Å². The number of aliphatic hydroxyl groups is 1. The second kappa shape index (κ2) is 3.96. The minimum atomic E-state index is -0.616. The first-order chi connectivity index (χ1) is 6.25. The van der Waals surface area contributed by atoms with Gasteiger partial charge in [-0.25, -0.2) is 0 Å². The molecular formula is C10H18INO2. The van der Waals surface area contributed by atoms with Crippen LogP contribution in [0.25, 0.3) is 0 Å². The average molecular weight is 311 g/mol. The monoisotopic (exact) mass is 311 g/mol. The van der Waals surface area contributed by atoms with Crippen LogP contribution in [-0.4, -0.2) is 26.2 Å². The van der Waals surface area contributed by atoms with Crippen LogP contribution in [0.2, 0.25) is 0 Å². The molecule has 3 nitrogen and oxygen atoms in total. The summed E-state index contributed by atoms with van der Waals surface area (Å²) in [5.41, 5.74) is -0.0185. The van der Waals surface area contributed by atoms with Crippen LogP contribution in [0.4, 0.5) is 0 Å². The Bertz CT molecular complexity index is 235. The van der Waals surface area contributed by atoms with Crippen molar-refractivity contribution in [2.75, 3.05) is 0 Å². The second-order valence-corrected chi connectivity index (χ2v) is 6.77. The molecule has 0 aromatic heterocycles. The van der Waals surface area contributed by atoms with Crippen LogP contribution in [0.5, 0.6) is 0 Å². The summed E-state index contributed by atoms with van der Waals surface area (Å²) < 4.78 is 0.0578. The number of alkyl halides is 1. The molecule has 1 fully saturated rings. The van der Waals surface area contributed by atoms with Crippen molar-refractivity contribution in [3.63, 3.8) is 0 Å². The van der Waals surface area contributed by atoms with Crippen molar-refractivity contribution in [2.24, 2.45) is 11.3 Å². The van der Waals surface area contributed by atoms with Gasteiger partial charge in [-0.3, -0.25) is 4.79 Å². The van der Waals surface area contributed by atoms with Crippen LogP contribution in [0, 0.1) is 11.3 Å². The Morgan fingerprint density at radius 3 is 2.29 bits per heavy atom. The smallest absolute Gasteiger partial charge is 0.225 e. The van der Waals surface area contributed by atoms with Gasteiger partial charge in [0.1, 0.15) is 6.23 Å². The normalized spacial score (nSPS) is 31.0. The minimum Gasteiger partial charge on any atom is -0.373 e. The van der Waals surface area contributed by atoms with E-state index >= 15 is 0 Å². The fraction of sp³-hybridized carbons (Fsp3) is 0.900. The molecule has 3 atom stereocenters. The van der Waals surface area contributed by atoms with Crippen molar-refractivity contribution in [3.8, 4) is 0 Å². The van der Waals surface area contributed by atoms with E-state index in [0.29, 0.717) is 6.42 Å². The van der Waals surface area contributed by atoms with E-state index in [1.807, 2.05) is 6.92 Å². The fourth-order valence-electron chi connectivity index (χ4n) is 1.90. The third kappa shape index (κ3) is 2.21. The molecule has 0 bridgehead atoms. The van der Waals surface area contributed by atoms with Gasteiger partial charge in [-0.1, -0.05) is 43.4 Å². The molecule has 0 aromatic rings. The highest BCUT2D eigenvalue weighted by Gasteiger charge is 2.45. The van der Waals surface area contributed by atoms with E-state index in [9.17, 15) is 9.90 Å². The first-order valence-corrected chi connectivity index (χ1v) is 6.13. The summed E-state index contributed by atoms with van der Waals surface area (Å²) in [5.74, 6) is 0.117. The van der Waals surface area contributed by atoms with Crippen molar-refractivity contribution in [1.82, 2.24) is 4.90 Å². The molecule has 0 radical (unpaired) electrons. The summed E-state index contributed by atoms with van der Waals surface area (Å²) >= 11 is 2.16. The number of halogens is 1. The lowest BCUT2D eigenvalue weighted by Crippen LogP contribution is -2.41. The zero-order chi connectivity index (χ0) is 11.1. The predicted molar refractivity (Wildman–Crippen MR) is 63.9 cm³/mol. The fourth-order valence-corrected chi connectivity index (χ4v) is 2.54. The minimum absolute atomic E-state index is 0.0185. The van der Waals surface area contributed by atoms with Crippen molar-refractivity contribution in [1.29, 1.82) is 0 Å². The van der Waals surface area contributed by atoms with E-state index in [1.54, 1.807) is 4.90 Å². The Balaban J connectivity index is 2.85. The zero-order valence-electron chi connectivity index (χ0n) is 9.12. The maximum absolute atomic E-state index is 11.6. The van der Waals surface area contributed by atoms with Gasteiger partial charge in [0, 0.05) is 12.3 Å². The molecule has 1 saturated heterocycles. The molecule has 1 N–H and O–H groups in total. The van der Waals surface area contributed by atoms with Crippen molar-refractivity contribution in [2.45, 2.75) is 44.4 Å². The zero-order valence-corrected chi connectivity index (χ0v) is 11.3. The molecule has 0 spiro atoms. The van der Waals surface area contributed by atoms with Crippen LogP contribution in [0.15, 0.2) is 0 Å². The Morgan fingerprint density at radius 1 is 1.57 bits per heavy atom. The lowest BCUT2D eigenvalue weighted by Gasteiger charge is -2.32. The summed E-state index contributed by atoms with van der Waals surface area (Å²) in [4.78, 5) is 13.2. The Hall–Kier alpha value is 0.160. The molecule has 1 heterocycles. The molecule has 4 heteroatoms. The average Bonchev–Trinajstić information content (AvgIpc) is 2.24. The number of carbonyl (C=O) groups excluding carboxylic acids is 1. The Morgan fingerprint density at radius 2 is 2.07 bits per heavy atom. The van der Waals surface area contributed by atoms with Gasteiger partial charge in [-0.15, -0.1) is 0 Å². The number of hydrogen-bond acceptors (Lipinski definition) is 2. The predicted octanol–water partition coefficient (Wildman–Crippen LogP) is 1.98. The highest BCUT2D eigenvalue weighted by Crippen LogP contribution is 2.39. The molecule has 0 saturated carbocycles. The molecule has 0 aromatic carbocycles. The molecule has 14 heavy (non-hydrogen) atoms. The molecule has 1 aliphatic rings. The van der Waals surface area contributed by atoms with Gasteiger partial charge in [-0.05, 0) is 12.3 Å². The summed E-state index contributed by atoms with van der Waals surface area (Å²) in [7, 11) is 0. The number of nitrogens with zero attached hydrogens (tertiary/aromatic N) is 1. The SMILES string of the molecule is CC(I)N1C(=O)CC(C(C)(C)C)C1O. The lowest BCUT2D eigenvalue weighted by molar-refractivity contribution is -0.133. The second-order valence-electron chi connectivity index (χ2n) is 4.97. The van der Waals surface area contributed by atoms with Crippen LogP contribution in [0.3, 0.4) is 0 Å². The van der Waals surface area contributed by atoms with Crippen LogP contribution in [-0.2, 0) is 4.79 Å². The summed E-state index contributed by atoms with van der Waals surface area (Å²) in [6.45, 7) is 8.12. The van der Waals surface area contributed by atoms with Gasteiger partial charge in [0.2, 0.25) is 5.91 Å². The third-order valence-electron chi connectivity index (χ3n) is 2.82. The van der Waals surface area contributed by atoms with E-state index < -0.39 is 6.23 Å². The number of hydrogen-bond donors (Lipinski definition) is 1. The van der Waals surface area contributed by atoms with E-state index in [4.69, 9.17) is 0 Å². The van der Waals surface area contributed by atoms with Crippen LogP contribution < -0.4 is 0 Å². The largest absolute Gasteiger partial charge is 0.373 e. The first kappa shape index (κ1) is 12.2. The van der Waals surface area contributed by atoms with E-state index in [2.05, 4.69) is 43.4 Å². The molecule has 0 aliphatic carbocycles. The maximum atomic E-state index is 11.6. The van der Waals surface area contributed by atoms with Gasteiger partial charge in [0.25, 0.3) is 0 Å². The lowest BCUT2D eigenvalue weighted by atomic mass is 9.79. The number of carbonyl (C=O) groups is 1. The van der Waals surface area contributed by atoms with Gasteiger partial charge in [0.05, 0.1) is 4.05 Å². The quantitative estimate of drug-likeness (QED) is 0.457. The molecule has 3 unspecified atom stereocenters. The van der Waals surface area contributed by atoms with Crippen LogP contribution in [0.1, 0.15) is 34.1 Å². The third-order valence-corrected chi connectivity index (χ3v) is 3.42. The first-order valence-electron chi connectivity index (χ1n) is 4.88. The van der Waals surface area contributed by atoms with E-state index in [0.717, 1.165) is 0 Å². The maximum Gasteiger partial charge on any atom is 0.225 e. The van der Waals surface area contributed by atoms with Gasteiger partial charge >= 0.3 is 0 Å². The van der Waals surface area contributed by atoms with E-state index in [-0.39, 0.29) is 21.3 Å². The highest BCUT2D eigenvalue weighted by molar-refractivity contribution is 14.1. The van der Waals surface area contributed by atoms with E-state index in [1.165, 1.54) is 0 Å². The Labute approximate surface area is 99.0 Å². The van der Waals surface area contributed by atoms with Gasteiger partial charge in [0.15, 0.2) is 0 Å². The van der Waals surface area contributed by atoms with Crippen molar-refractivity contribution >= 4 is 28.5 Å². The molecule has 82 valence electrons. The highest BCUT2D eigenvalue weighted by atomic mass is 127. The van der Waals surface area contributed by atoms with Gasteiger partial charge < -0.3 is 10.0 Å². The summed E-state index contributed by atoms with van der Waals surface area (Å²) in [6, 6.07) is 0. The summed E-state index contributed by atoms with van der Waals surface area (Å²) in [5, 5.41) is 10.0. The number of aliphatic hydroxyl groups excluding tert-OH is 1. The number of likely N-dealkylation sites (tertiary alicyclic amines) is 1. The van der Waals surface area contributed by atoms with Crippen LogP contribution >= 0.6 is 22.6 Å². The molecule has 1 amide bonds. The Kier molecular flexibility index (Phi) is 3.46. The molecular weight excluding hydrogens is 293 g/mol. The topological polar surface area (TPSA) is 40.5 Å². The van der Waals surface area contributed by atoms with Crippen molar-refractivity contribution < 1.29 is 9.90 Å². The van der Waals surface area contributed by atoms with Crippen molar-refractivity contribution in [3.05, 3.63) is 0 Å². The molecule has 1 rings (SSSR count). The molecule has 1 aliphatic heterocycles.